The lowest BCUT2D eigenvalue weighted by atomic mass is 9.86. The van der Waals surface area contributed by atoms with Crippen LogP contribution in [-0.2, 0) is 57.1 Å². The van der Waals surface area contributed by atoms with Crippen LogP contribution in [0.3, 0.4) is 0 Å². The third-order valence-corrected chi connectivity index (χ3v) is 13.3. The summed E-state index contributed by atoms with van der Waals surface area (Å²) < 4.78 is 43.4. The van der Waals surface area contributed by atoms with Crippen LogP contribution in [0.1, 0.15) is 224 Å². The maximum Gasteiger partial charge on any atom is 0.327 e. The molecule has 3 aromatic carbocycles. The van der Waals surface area contributed by atoms with Gasteiger partial charge in [-0.05, 0) is 86.8 Å². The van der Waals surface area contributed by atoms with Crippen LogP contribution in [0.4, 0.5) is 0 Å². The van der Waals surface area contributed by atoms with Crippen molar-refractivity contribution in [3.05, 3.63) is 140 Å². The summed E-state index contributed by atoms with van der Waals surface area (Å²) in [7, 11) is 0. The number of benzene rings is 3. The number of ether oxygens (including phenoxy) is 8. The van der Waals surface area contributed by atoms with Gasteiger partial charge in [-0.2, -0.15) is 0 Å². The molecule has 92 heavy (non-hydrogen) atoms. The van der Waals surface area contributed by atoms with Crippen molar-refractivity contribution in [2.45, 2.75) is 250 Å². The molecule has 0 saturated carbocycles. The smallest absolute Gasteiger partial charge is 0.327 e. The summed E-state index contributed by atoms with van der Waals surface area (Å²) in [4.78, 5) is 46.3. The minimum atomic E-state index is -0.981. The summed E-state index contributed by atoms with van der Waals surface area (Å²) in [6, 6.07) is 30.1. The molecule has 2 aliphatic heterocycles. The summed E-state index contributed by atoms with van der Waals surface area (Å²) >= 11 is 0. The number of carbonyl (C=O) groups excluding carboxylic acids is 2. The van der Waals surface area contributed by atoms with Crippen molar-refractivity contribution in [2.75, 3.05) is 52.9 Å². The molecule has 3 aromatic rings. The fourth-order valence-electron chi connectivity index (χ4n) is 7.54. The van der Waals surface area contributed by atoms with Gasteiger partial charge in [0, 0.05) is 6.08 Å². The van der Waals surface area contributed by atoms with E-state index in [9.17, 15) is 34.5 Å². The Morgan fingerprint density at radius 2 is 0.891 bits per heavy atom. The van der Waals surface area contributed by atoms with Crippen molar-refractivity contribution in [1.29, 1.82) is 0 Å². The van der Waals surface area contributed by atoms with Crippen LogP contribution in [0.25, 0.3) is 6.08 Å². The number of rotatable bonds is 35. The maximum absolute atomic E-state index is 13.3. The zero-order valence-electron chi connectivity index (χ0n) is 48.9. The number of hydrogen-bond donors (Lipinski definition) is 4. The molecule has 0 spiro atoms. The number of esters is 2. The van der Waals surface area contributed by atoms with Crippen LogP contribution in [0.5, 0.6) is 0 Å². The van der Waals surface area contributed by atoms with E-state index in [-0.39, 0.29) is 170 Å². The maximum atomic E-state index is 13.3. The van der Waals surface area contributed by atoms with Gasteiger partial charge in [-0.1, -0.05) is 254 Å². The van der Waals surface area contributed by atoms with E-state index in [2.05, 4.69) is 45.7 Å². The van der Waals surface area contributed by atoms with Crippen molar-refractivity contribution in [1.82, 2.24) is 0 Å². The highest BCUT2D eigenvalue weighted by molar-refractivity contribution is 5.78. The Bertz CT molecular complexity index is 2100. The van der Waals surface area contributed by atoms with Crippen molar-refractivity contribution in [2.24, 2.45) is 17.8 Å². The molecule has 4 N–H and O–H groups in total. The lowest BCUT2D eigenvalue weighted by Crippen LogP contribution is -2.35. The molecule has 0 amide bonds. The minimum Gasteiger partial charge on any atom is -0.499 e. The minimum absolute atomic E-state index is 0. The van der Waals surface area contributed by atoms with Crippen LogP contribution in [0, 0.1) is 17.8 Å². The predicted octanol–water partition coefficient (Wildman–Crippen LogP) is 18.9. The second kappa shape index (κ2) is 69.6. The Morgan fingerprint density at radius 1 is 0.511 bits per heavy atom. The van der Waals surface area contributed by atoms with Gasteiger partial charge in [0.1, 0.15) is 31.0 Å². The van der Waals surface area contributed by atoms with Crippen LogP contribution in [-0.4, -0.2) is 140 Å². The Kier molecular flexibility index (Phi) is 86.1. The normalized spacial score (nSPS) is 15.2. The quantitative estimate of drug-likeness (QED) is 0.0186. The van der Waals surface area contributed by atoms with E-state index in [1.165, 1.54) is 17.4 Å². The summed E-state index contributed by atoms with van der Waals surface area (Å²) in [5, 5.41) is 36.6. The number of carbonyl (C=O) groups is 4. The predicted molar refractivity (Wildman–Crippen MR) is 393 cm³/mol. The van der Waals surface area contributed by atoms with E-state index in [4.69, 9.17) is 43.0 Å². The van der Waals surface area contributed by atoms with E-state index in [0.29, 0.717) is 57.8 Å². The Labute approximate surface area is 565 Å². The summed E-state index contributed by atoms with van der Waals surface area (Å²) in [6.45, 7) is 28.1. The van der Waals surface area contributed by atoms with Crippen molar-refractivity contribution in [3.63, 3.8) is 0 Å². The van der Waals surface area contributed by atoms with Gasteiger partial charge >= 0.3 is 23.9 Å². The lowest BCUT2D eigenvalue weighted by Gasteiger charge is -2.27. The molecule has 16 heteroatoms. The number of aliphatic carboxylic acids is 2. The van der Waals surface area contributed by atoms with Crippen molar-refractivity contribution < 1.29 is 77.5 Å². The second-order valence-electron chi connectivity index (χ2n) is 19.9. The molecule has 0 bridgehead atoms. The highest BCUT2D eigenvalue weighted by Gasteiger charge is 2.31. The van der Waals surface area contributed by atoms with Crippen LogP contribution in [0.2, 0.25) is 0 Å². The van der Waals surface area contributed by atoms with E-state index < -0.39 is 36.0 Å². The molecule has 0 radical (unpaired) electrons. The molecule has 2 saturated heterocycles. The summed E-state index contributed by atoms with van der Waals surface area (Å²) in [6.07, 6.45) is 7.92. The molecule has 2 heterocycles. The zero-order chi connectivity index (χ0) is 59.7. The molecule has 2 aliphatic rings. The molecule has 544 valence electrons. The Balaban J connectivity index is -0.000000100. The Hall–Kier alpha value is -5.72. The topological polar surface area (TPSA) is 230 Å². The highest BCUT2D eigenvalue weighted by Crippen LogP contribution is 2.30. The average Bonchev–Trinajstić information content (AvgIpc) is 4.02. The molecule has 12 atom stereocenters. The number of aliphatic hydroxyl groups excluding tert-OH is 2. The first-order valence-electron chi connectivity index (χ1n) is 28.2. The van der Waals surface area contributed by atoms with E-state index in [1.54, 1.807) is 6.92 Å². The third kappa shape index (κ3) is 54.8. The molecule has 12 unspecified atom stereocenters. The average molecular weight is 1310 g/mol. The molecular weight excluding hydrogens is 1170 g/mol. The van der Waals surface area contributed by atoms with Gasteiger partial charge in [0.15, 0.2) is 0 Å². The van der Waals surface area contributed by atoms with Gasteiger partial charge in [0.2, 0.25) is 0 Å². The standard InChI is InChI=1S/C30H50O8.C18H26O4.C8H8.C5H8O2.C3H4O2.12CH4/c1-7-21(4)29(33)37-28(18-32)20-36-26(9-3)16-25(15-22(5)24-13-11-10-12-14-24)30(34)38-27(17-31)19-35-23(6)8-2;1-3-16(21-11-17-12-22-17)10-15(18(19)20)9-13(2)14-7-5-4-6-8-14;1-2-8-6-4-3-5-7-8;1-2-6-3-5-4-7-5;1-2-3(4)5;;;;;;;;;;;;/h10-14,21-23,25-28,31-32H,7-9,15-20H2,1-6H3;4-8,13,15-17H,3,9-12H2,1-2H3,(H,19,20);2-7H,1H2;2,5H,1,3-4H2;2H,1H2,(H,4,5);12*1H4. The van der Waals surface area contributed by atoms with E-state index in [0.717, 1.165) is 37.7 Å². The largest absolute Gasteiger partial charge is 0.499 e. The number of aliphatic hydroxyl groups is 2. The van der Waals surface area contributed by atoms with E-state index in [1.807, 2.05) is 120 Å². The monoisotopic (exact) mass is 1310 g/mol. The lowest BCUT2D eigenvalue weighted by molar-refractivity contribution is -0.164. The number of carboxylic acids is 2. The highest BCUT2D eigenvalue weighted by atomic mass is 16.6. The van der Waals surface area contributed by atoms with Crippen molar-refractivity contribution in [3.8, 4) is 0 Å². The number of carboxylic acid groups (broad SMARTS) is 2. The van der Waals surface area contributed by atoms with Crippen LogP contribution >= 0.6 is 0 Å². The fraction of sp³-hybridized carbons (Fsp3) is 0.632. The third-order valence-electron chi connectivity index (χ3n) is 13.3. The van der Waals surface area contributed by atoms with Gasteiger partial charge < -0.3 is 58.3 Å². The van der Waals surface area contributed by atoms with Gasteiger partial charge in [0.25, 0.3) is 0 Å². The van der Waals surface area contributed by atoms with Crippen LogP contribution < -0.4 is 0 Å². The first-order valence-corrected chi connectivity index (χ1v) is 28.2. The molecule has 0 aliphatic carbocycles. The fourth-order valence-corrected chi connectivity index (χ4v) is 7.54. The summed E-state index contributed by atoms with van der Waals surface area (Å²) in [5.74, 6) is -3.27. The van der Waals surface area contributed by atoms with Gasteiger partial charge in [-0.15, -0.1) is 0 Å². The van der Waals surface area contributed by atoms with E-state index >= 15 is 0 Å². The first kappa shape index (κ1) is 114. The second-order valence-corrected chi connectivity index (χ2v) is 19.9. The molecule has 2 fully saturated rings. The molecule has 5 rings (SSSR count). The molecule has 0 aromatic heterocycles. The van der Waals surface area contributed by atoms with Gasteiger partial charge in [-0.25, -0.2) is 4.79 Å². The van der Waals surface area contributed by atoms with Crippen molar-refractivity contribution >= 4 is 30.0 Å². The summed E-state index contributed by atoms with van der Waals surface area (Å²) in [5.41, 5.74) is 3.48. The number of epoxide rings is 2. The van der Waals surface area contributed by atoms with Crippen LogP contribution in [0.15, 0.2) is 123 Å². The molecule has 16 nitrogen and oxygen atoms in total. The zero-order valence-corrected chi connectivity index (χ0v) is 48.9. The molecular formula is C76H144O16. The van der Waals surface area contributed by atoms with Gasteiger partial charge in [-0.3, -0.25) is 14.4 Å². The van der Waals surface area contributed by atoms with Gasteiger partial charge in [0.05, 0.1) is 88.6 Å². The Morgan fingerprint density at radius 3 is 1.24 bits per heavy atom. The first-order chi connectivity index (χ1) is 38.4. The number of hydrogen-bond acceptors (Lipinski definition) is 14. The SMILES string of the molecule is C.C.C.C.C.C.C.C.C.C.C.C.C=CC(=O)O.C=COCC1CO1.C=Cc1ccccc1.CCC(C)OCC(CO)OC(=O)C(CC(CC)OCC(CO)OC(=O)C(C)CC)CC(C)c1ccccc1.CCC(CC(CC(C)c1ccccc1)C(=O)O)OCC1CO1.